The quantitative estimate of drug-likeness (QED) is 0.574. The number of carbonyl (C=O) groups excluding carboxylic acids is 1. The molecule has 1 heterocycles. The summed E-state index contributed by atoms with van der Waals surface area (Å²) in [5, 5.41) is 4.81. The van der Waals surface area contributed by atoms with Gasteiger partial charge in [-0.2, -0.15) is 0 Å². The SMILES string of the molecule is Cn1/c(=N\NC(=O)/C=C/c2cccc(Cl)c2)sc2ccccc21. The second-order valence-corrected chi connectivity index (χ2v) is 6.33. The lowest BCUT2D eigenvalue weighted by Gasteiger charge is -1.96. The van der Waals surface area contributed by atoms with Crippen LogP contribution in [0.4, 0.5) is 0 Å². The van der Waals surface area contributed by atoms with Crippen LogP contribution >= 0.6 is 22.9 Å². The fourth-order valence-corrected chi connectivity index (χ4v) is 3.29. The maximum atomic E-state index is 11.9. The summed E-state index contributed by atoms with van der Waals surface area (Å²) in [6.45, 7) is 0. The fourth-order valence-electron chi connectivity index (χ4n) is 2.11. The lowest BCUT2D eigenvalue weighted by Crippen LogP contribution is -2.21. The molecule has 1 N–H and O–H groups in total. The van der Waals surface area contributed by atoms with Gasteiger partial charge in [0.1, 0.15) is 0 Å². The van der Waals surface area contributed by atoms with Gasteiger partial charge in [0.25, 0.3) is 5.91 Å². The second-order valence-electron chi connectivity index (χ2n) is 4.89. The molecular weight excluding hydrogens is 330 g/mol. The largest absolute Gasteiger partial charge is 0.318 e. The predicted octanol–water partition coefficient (Wildman–Crippen LogP) is 3.54. The van der Waals surface area contributed by atoms with E-state index in [1.165, 1.54) is 17.4 Å². The third-order valence-electron chi connectivity index (χ3n) is 3.25. The molecule has 3 aromatic rings. The van der Waals surface area contributed by atoms with E-state index in [1.807, 2.05) is 48.0 Å². The van der Waals surface area contributed by atoms with Crippen LogP contribution in [0.3, 0.4) is 0 Å². The summed E-state index contributed by atoms with van der Waals surface area (Å²) in [5.41, 5.74) is 4.49. The summed E-state index contributed by atoms with van der Waals surface area (Å²) in [4.78, 5) is 12.6. The first-order valence-electron chi connectivity index (χ1n) is 6.95. The number of rotatable bonds is 3. The van der Waals surface area contributed by atoms with Gasteiger partial charge in [-0.3, -0.25) is 4.79 Å². The van der Waals surface area contributed by atoms with Crippen molar-refractivity contribution in [1.29, 1.82) is 0 Å². The van der Waals surface area contributed by atoms with Crippen LogP contribution in [0.25, 0.3) is 16.3 Å². The Kier molecular flexibility index (Phi) is 4.60. The van der Waals surface area contributed by atoms with Gasteiger partial charge in [-0.05, 0) is 35.9 Å². The molecule has 0 unspecified atom stereocenters. The maximum absolute atomic E-state index is 11.9. The molecule has 0 aliphatic carbocycles. The Hall–Kier alpha value is -2.37. The number of nitrogens with one attached hydrogen (secondary N) is 1. The van der Waals surface area contributed by atoms with Crippen molar-refractivity contribution < 1.29 is 4.79 Å². The molecule has 0 saturated carbocycles. The molecule has 0 bridgehead atoms. The fraction of sp³-hybridized carbons (Fsp3) is 0.0588. The average molecular weight is 344 g/mol. The number of halogens is 1. The molecule has 0 aliphatic rings. The molecule has 0 spiro atoms. The topological polar surface area (TPSA) is 46.4 Å². The molecule has 0 aliphatic heterocycles. The third-order valence-corrected chi connectivity index (χ3v) is 4.60. The van der Waals surface area contributed by atoms with Crippen LogP contribution in [-0.4, -0.2) is 10.5 Å². The number of aryl methyl sites for hydroxylation is 1. The molecule has 1 amide bonds. The zero-order valence-electron chi connectivity index (χ0n) is 12.4. The highest BCUT2D eigenvalue weighted by atomic mass is 35.5. The maximum Gasteiger partial charge on any atom is 0.264 e. The minimum atomic E-state index is -0.289. The highest BCUT2D eigenvalue weighted by Gasteiger charge is 2.01. The molecule has 23 heavy (non-hydrogen) atoms. The number of hydrogen-bond donors (Lipinski definition) is 1. The van der Waals surface area contributed by atoms with Gasteiger partial charge in [-0.15, -0.1) is 5.10 Å². The molecule has 0 radical (unpaired) electrons. The standard InChI is InChI=1S/C17H14ClN3OS/c1-21-14-7-2-3-8-15(14)23-17(21)20-19-16(22)10-9-12-5-4-6-13(18)11-12/h2-11H,1H3,(H,19,22)/b10-9+,20-17+. The van der Waals surface area contributed by atoms with Crippen molar-refractivity contribution >= 4 is 45.1 Å². The van der Waals surface area contributed by atoms with Crippen molar-refractivity contribution in [2.24, 2.45) is 12.1 Å². The zero-order chi connectivity index (χ0) is 16.2. The van der Waals surface area contributed by atoms with Gasteiger partial charge in [0, 0.05) is 18.1 Å². The van der Waals surface area contributed by atoms with Crippen LogP contribution in [0, 0.1) is 0 Å². The highest BCUT2D eigenvalue weighted by Crippen LogP contribution is 2.15. The summed E-state index contributed by atoms with van der Waals surface area (Å²) < 4.78 is 3.07. The minimum Gasteiger partial charge on any atom is -0.318 e. The number of para-hydroxylation sites is 1. The van der Waals surface area contributed by atoms with E-state index in [-0.39, 0.29) is 5.91 Å². The van der Waals surface area contributed by atoms with Crippen LogP contribution in [0.15, 0.2) is 59.7 Å². The first-order valence-corrected chi connectivity index (χ1v) is 8.15. The van der Waals surface area contributed by atoms with Crippen molar-refractivity contribution in [2.75, 3.05) is 0 Å². The Labute approximate surface area is 142 Å². The minimum absolute atomic E-state index is 0.289. The van der Waals surface area contributed by atoms with Gasteiger partial charge < -0.3 is 4.57 Å². The smallest absolute Gasteiger partial charge is 0.264 e. The van der Waals surface area contributed by atoms with Gasteiger partial charge in [-0.25, -0.2) is 5.43 Å². The second kappa shape index (κ2) is 6.81. The molecule has 0 fully saturated rings. The van der Waals surface area contributed by atoms with Crippen molar-refractivity contribution in [1.82, 2.24) is 9.99 Å². The monoisotopic (exact) mass is 343 g/mol. The number of amides is 1. The number of fused-ring (bicyclic) bond motifs is 1. The Morgan fingerprint density at radius 3 is 2.87 bits per heavy atom. The number of hydrogen-bond acceptors (Lipinski definition) is 3. The molecule has 2 aromatic carbocycles. The number of thiazole rings is 1. The van der Waals surface area contributed by atoms with Crippen molar-refractivity contribution in [2.45, 2.75) is 0 Å². The van der Waals surface area contributed by atoms with E-state index in [1.54, 1.807) is 18.2 Å². The van der Waals surface area contributed by atoms with E-state index in [0.717, 1.165) is 20.6 Å². The van der Waals surface area contributed by atoms with Crippen molar-refractivity contribution in [3.8, 4) is 0 Å². The Morgan fingerprint density at radius 1 is 1.26 bits per heavy atom. The van der Waals surface area contributed by atoms with E-state index in [2.05, 4.69) is 10.5 Å². The van der Waals surface area contributed by atoms with Gasteiger partial charge in [-0.1, -0.05) is 47.2 Å². The summed E-state index contributed by atoms with van der Waals surface area (Å²) in [5.74, 6) is -0.289. The van der Waals surface area contributed by atoms with Crippen LogP contribution in [-0.2, 0) is 11.8 Å². The molecule has 0 saturated heterocycles. The Morgan fingerprint density at radius 2 is 2.09 bits per heavy atom. The highest BCUT2D eigenvalue weighted by molar-refractivity contribution is 7.16. The zero-order valence-corrected chi connectivity index (χ0v) is 13.9. The van der Waals surface area contributed by atoms with Gasteiger partial charge in [0.15, 0.2) is 0 Å². The summed E-state index contributed by atoms with van der Waals surface area (Å²) in [7, 11) is 1.92. The lowest BCUT2D eigenvalue weighted by molar-refractivity contribution is -0.116. The number of carbonyl (C=O) groups is 1. The Balaban J connectivity index is 1.76. The molecule has 3 rings (SSSR count). The third kappa shape index (κ3) is 3.70. The summed E-state index contributed by atoms with van der Waals surface area (Å²) in [6.07, 6.45) is 3.13. The van der Waals surface area contributed by atoms with Crippen LogP contribution in [0.5, 0.6) is 0 Å². The van der Waals surface area contributed by atoms with Gasteiger partial charge >= 0.3 is 0 Å². The van der Waals surface area contributed by atoms with E-state index in [9.17, 15) is 4.79 Å². The first kappa shape index (κ1) is 15.5. The van der Waals surface area contributed by atoms with Crippen LogP contribution in [0.1, 0.15) is 5.56 Å². The molecule has 0 atom stereocenters. The Bertz CT molecular complexity index is 956. The molecule has 1 aromatic heterocycles. The van der Waals surface area contributed by atoms with E-state index in [4.69, 9.17) is 11.6 Å². The van der Waals surface area contributed by atoms with E-state index in [0.29, 0.717) is 5.02 Å². The van der Waals surface area contributed by atoms with Gasteiger partial charge in [0.05, 0.1) is 10.2 Å². The van der Waals surface area contributed by atoms with Crippen molar-refractivity contribution in [3.05, 3.63) is 70.0 Å². The predicted molar refractivity (Wildman–Crippen MR) is 95.0 cm³/mol. The molecule has 6 heteroatoms. The van der Waals surface area contributed by atoms with Gasteiger partial charge in [0.2, 0.25) is 4.80 Å². The van der Waals surface area contributed by atoms with Crippen LogP contribution < -0.4 is 10.2 Å². The average Bonchev–Trinajstić information content (AvgIpc) is 2.88. The first-order chi connectivity index (χ1) is 11.1. The molecular formula is C17H14ClN3OS. The number of nitrogens with zero attached hydrogens (tertiary/aromatic N) is 2. The molecule has 4 nitrogen and oxygen atoms in total. The van der Waals surface area contributed by atoms with Crippen molar-refractivity contribution in [3.63, 3.8) is 0 Å². The summed E-state index contributed by atoms with van der Waals surface area (Å²) >= 11 is 7.43. The number of benzene rings is 2. The van der Waals surface area contributed by atoms with Crippen LogP contribution in [0.2, 0.25) is 5.02 Å². The van der Waals surface area contributed by atoms with E-state index < -0.39 is 0 Å². The lowest BCUT2D eigenvalue weighted by atomic mass is 10.2. The molecule has 116 valence electrons. The summed E-state index contributed by atoms with van der Waals surface area (Å²) in [6, 6.07) is 15.3. The normalized spacial score (nSPS) is 12.2. The van der Waals surface area contributed by atoms with E-state index >= 15 is 0 Å². The number of aromatic nitrogens is 1.